The van der Waals surface area contributed by atoms with E-state index in [0.29, 0.717) is 15.6 Å². The van der Waals surface area contributed by atoms with Gasteiger partial charge in [-0.25, -0.2) is 4.79 Å². The van der Waals surface area contributed by atoms with Crippen LogP contribution in [0, 0.1) is 6.92 Å². The van der Waals surface area contributed by atoms with Gasteiger partial charge in [0.2, 0.25) is 5.91 Å². The van der Waals surface area contributed by atoms with E-state index in [9.17, 15) is 9.59 Å². The Morgan fingerprint density at radius 3 is 2.41 bits per heavy atom. The van der Waals surface area contributed by atoms with Crippen molar-refractivity contribution in [2.24, 2.45) is 0 Å². The van der Waals surface area contributed by atoms with Gasteiger partial charge in [-0.15, -0.1) is 23.1 Å². The maximum Gasteiger partial charge on any atom is 0.341 e. The van der Waals surface area contributed by atoms with Gasteiger partial charge in [0, 0.05) is 24.8 Å². The van der Waals surface area contributed by atoms with Crippen LogP contribution in [0.25, 0.3) is 11.1 Å². The van der Waals surface area contributed by atoms with Crippen LogP contribution in [0.4, 0.5) is 5.00 Å². The van der Waals surface area contributed by atoms with Crippen LogP contribution in [-0.4, -0.2) is 24.7 Å². The number of carbonyl (C=O) groups is 2. The molecule has 0 aliphatic carbocycles. The molecule has 0 aliphatic heterocycles. The molecular weight excluding hydrogens is 494 g/mol. The van der Waals surface area contributed by atoms with Gasteiger partial charge in [0.1, 0.15) is 10.6 Å². The Kier molecular flexibility index (Phi) is 7.40. The van der Waals surface area contributed by atoms with Crippen LogP contribution in [-0.2, 0) is 9.53 Å². The lowest BCUT2D eigenvalue weighted by molar-refractivity contribution is -0.113. The molecule has 1 N–H and O–H groups in total. The van der Waals surface area contributed by atoms with Gasteiger partial charge in [-0.05, 0) is 48.9 Å². The van der Waals surface area contributed by atoms with E-state index < -0.39 is 5.97 Å². The molecule has 29 heavy (non-hydrogen) atoms. The number of rotatable bonds is 6. The van der Waals surface area contributed by atoms with Gasteiger partial charge in [-0.2, -0.15) is 0 Å². The molecule has 2 aromatic carbocycles. The number of aryl methyl sites for hydroxylation is 1. The fraction of sp³-hybridized carbons (Fsp3) is 0.143. The van der Waals surface area contributed by atoms with Crippen LogP contribution in [0.5, 0.6) is 0 Å². The summed E-state index contributed by atoms with van der Waals surface area (Å²) in [6.45, 7) is 1.92. The van der Waals surface area contributed by atoms with Crippen LogP contribution < -0.4 is 5.32 Å². The first kappa shape index (κ1) is 21.9. The van der Waals surface area contributed by atoms with Crippen molar-refractivity contribution >= 4 is 67.5 Å². The predicted molar refractivity (Wildman–Crippen MR) is 124 cm³/mol. The van der Waals surface area contributed by atoms with Gasteiger partial charge in [0.25, 0.3) is 0 Å². The Bertz CT molecular complexity index is 1030. The molecule has 1 aromatic heterocycles. The lowest BCUT2D eigenvalue weighted by Crippen LogP contribution is -2.16. The van der Waals surface area contributed by atoms with Gasteiger partial charge in [0.15, 0.2) is 0 Å². The summed E-state index contributed by atoms with van der Waals surface area (Å²) in [5.41, 5.74) is 2.04. The molecule has 0 atom stereocenters. The largest absolute Gasteiger partial charge is 0.465 e. The summed E-state index contributed by atoms with van der Waals surface area (Å²) in [4.78, 5) is 26.9. The zero-order valence-corrected chi connectivity index (χ0v) is 19.6. The van der Waals surface area contributed by atoms with Crippen molar-refractivity contribution < 1.29 is 14.3 Å². The minimum atomic E-state index is -0.479. The van der Waals surface area contributed by atoms with E-state index in [4.69, 9.17) is 16.3 Å². The molecule has 0 radical (unpaired) electrons. The third-order valence-electron chi connectivity index (χ3n) is 4.04. The Balaban J connectivity index is 1.83. The molecule has 0 bridgehead atoms. The fourth-order valence-electron chi connectivity index (χ4n) is 2.74. The normalized spacial score (nSPS) is 10.6. The van der Waals surface area contributed by atoms with Crippen molar-refractivity contribution in [2.75, 3.05) is 18.2 Å². The molecule has 0 saturated carbocycles. The zero-order valence-electron chi connectivity index (χ0n) is 15.6. The number of thiophene rings is 1. The predicted octanol–water partition coefficient (Wildman–Crippen LogP) is 6.66. The number of amides is 1. The first-order valence-corrected chi connectivity index (χ1v) is 11.5. The highest BCUT2D eigenvalue weighted by Gasteiger charge is 2.25. The molecule has 0 spiro atoms. The number of halogens is 2. The summed E-state index contributed by atoms with van der Waals surface area (Å²) in [6, 6.07) is 15.0. The van der Waals surface area contributed by atoms with Crippen LogP contribution in [0.2, 0.25) is 5.02 Å². The Morgan fingerprint density at radius 2 is 1.79 bits per heavy atom. The maximum atomic E-state index is 12.5. The number of esters is 1. The Morgan fingerprint density at radius 1 is 1.14 bits per heavy atom. The number of anilines is 1. The number of carbonyl (C=O) groups excluding carboxylic acids is 2. The second-order valence-electron chi connectivity index (χ2n) is 6.03. The first-order valence-electron chi connectivity index (χ1n) is 8.55. The van der Waals surface area contributed by atoms with Crippen LogP contribution in [0.15, 0.2) is 57.9 Å². The molecule has 4 nitrogen and oxygen atoms in total. The van der Waals surface area contributed by atoms with Gasteiger partial charge in [0.05, 0.1) is 12.9 Å². The lowest BCUT2D eigenvalue weighted by Gasteiger charge is -2.08. The van der Waals surface area contributed by atoms with E-state index in [0.717, 1.165) is 25.4 Å². The smallest absolute Gasteiger partial charge is 0.341 e. The molecule has 0 unspecified atom stereocenters. The third-order valence-corrected chi connectivity index (χ3v) is 6.86. The van der Waals surface area contributed by atoms with E-state index >= 15 is 0 Å². The van der Waals surface area contributed by atoms with Crippen molar-refractivity contribution in [3.8, 4) is 11.1 Å². The van der Waals surface area contributed by atoms with Crippen molar-refractivity contribution in [2.45, 2.75) is 11.8 Å². The molecule has 0 fully saturated rings. The summed E-state index contributed by atoms with van der Waals surface area (Å²) in [5, 5.41) is 4.02. The molecule has 1 heterocycles. The number of benzene rings is 2. The molecule has 8 heteroatoms. The number of hydrogen-bond donors (Lipinski definition) is 1. The Labute approximate surface area is 190 Å². The van der Waals surface area contributed by atoms with Gasteiger partial charge < -0.3 is 10.1 Å². The maximum absolute atomic E-state index is 12.5. The quantitative estimate of drug-likeness (QED) is 0.298. The van der Waals surface area contributed by atoms with Gasteiger partial charge in [-0.3, -0.25) is 4.79 Å². The monoisotopic (exact) mass is 509 g/mol. The highest BCUT2D eigenvalue weighted by atomic mass is 79.9. The van der Waals surface area contributed by atoms with E-state index in [1.165, 1.54) is 30.2 Å². The van der Waals surface area contributed by atoms with E-state index in [2.05, 4.69) is 21.2 Å². The zero-order chi connectivity index (χ0) is 21.0. The van der Waals surface area contributed by atoms with Crippen LogP contribution in [0.3, 0.4) is 0 Å². The summed E-state index contributed by atoms with van der Waals surface area (Å²) >= 11 is 12.1. The van der Waals surface area contributed by atoms with Crippen molar-refractivity contribution in [3.63, 3.8) is 0 Å². The average Bonchev–Trinajstić information content (AvgIpc) is 3.03. The van der Waals surface area contributed by atoms with E-state index in [-0.39, 0.29) is 11.7 Å². The van der Waals surface area contributed by atoms with Crippen LogP contribution >= 0.6 is 50.6 Å². The van der Waals surface area contributed by atoms with Gasteiger partial charge in [-0.1, -0.05) is 39.7 Å². The number of ether oxygens (including phenoxy) is 1. The Hall–Kier alpha value is -1.80. The topological polar surface area (TPSA) is 55.4 Å². The van der Waals surface area contributed by atoms with E-state index in [1.807, 2.05) is 43.3 Å². The number of hydrogen-bond acceptors (Lipinski definition) is 5. The minimum Gasteiger partial charge on any atom is -0.465 e. The second kappa shape index (κ2) is 9.80. The van der Waals surface area contributed by atoms with Crippen molar-refractivity contribution in [1.82, 2.24) is 0 Å². The minimum absolute atomic E-state index is 0.196. The van der Waals surface area contributed by atoms with E-state index in [1.54, 1.807) is 12.1 Å². The number of thioether (sulfide) groups is 1. The lowest BCUT2D eigenvalue weighted by atomic mass is 10.0. The summed E-state index contributed by atoms with van der Waals surface area (Å²) in [7, 11) is 1.34. The molecule has 0 aliphatic rings. The highest BCUT2D eigenvalue weighted by molar-refractivity contribution is 9.10. The van der Waals surface area contributed by atoms with Crippen molar-refractivity contribution in [3.05, 3.63) is 68.5 Å². The highest BCUT2D eigenvalue weighted by Crippen LogP contribution is 2.40. The molecule has 150 valence electrons. The number of methoxy groups -OCH3 is 1. The SMILES string of the molecule is COC(=O)c1c(NC(=O)CSc2ccc(Cl)cc2)sc(C)c1-c1ccc(Br)cc1. The molecule has 3 aromatic rings. The average molecular weight is 511 g/mol. The standard InChI is InChI=1S/C21H17BrClNO3S2/c1-12-18(13-3-5-14(22)6-4-13)19(21(26)27-2)20(29-12)24-17(25)11-28-16-9-7-15(23)8-10-16/h3-10H,11H2,1-2H3,(H,24,25). The summed E-state index contributed by atoms with van der Waals surface area (Å²) in [5.74, 6) is -0.459. The second-order valence-corrected chi connectivity index (χ2v) is 9.65. The molecular formula is C21H17BrClNO3S2. The molecule has 0 saturated heterocycles. The summed E-state index contributed by atoms with van der Waals surface area (Å²) in [6.07, 6.45) is 0. The first-order chi connectivity index (χ1) is 13.9. The van der Waals surface area contributed by atoms with Crippen LogP contribution in [0.1, 0.15) is 15.2 Å². The number of nitrogens with one attached hydrogen (secondary N) is 1. The van der Waals surface area contributed by atoms with Gasteiger partial charge >= 0.3 is 5.97 Å². The van der Waals surface area contributed by atoms with Crippen molar-refractivity contribution in [1.29, 1.82) is 0 Å². The molecule has 3 rings (SSSR count). The third kappa shape index (κ3) is 5.42. The molecule has 1 amide bonds. The fourth-order valence-corrected chi connectivity index (χ4v) is 4.91. The summed E-state index contributed by atoms with van der Waals surface area (Å²) < 4.78 is 5.93.